The zero-order chi connectivity index (χ0) is 16.6. The molecule has 6 nitrogen and oxygen atoms in total. The van der Waals surface area contributed by atoms with Gasteiger partial charge in [-0.3, -0.25) is 9.52 Å². The van der Waals surface area contributed by atoms with Crippen LogP contribution in [0.5, 0.6) is 5.75 Å². The summed E-state index contributed by atoms with van der Waals surface area (Å²) in [5.41, 5.74) is 0.703. The van der Waals surface area contributed by atoms with E-state index in [1.807, 2.05) is 0 Å². The van der Waals surface area contributed by atoms with Crippen molar-refractivity contribution in [3.8, 4) is 5.75 Å². The number of carbonyl (C=O) groups excluding carboxylic acids is 1. The van der Waals surface area contributed by atoms with Crippen molar-refractivity contribution in [2.24, 2.45) is 0 Å². The van der Waals surface area contributed by atoms with Crippen LogP contribution < -0.4 is 14.8 Å². The minimum Gasteiger partial charge on any atom is -0.479 e. The number of halogens is 1. The van der Waals surface area contributed by atoms with Crippen molar-refractivity contribution in [3.05, 3.63) is 47.5 Å². The van der Waals surface area contributed by atoms with Gasteiger partial charge < -0.3 is 10.1 Å². The molecule has 2 aromatic rings. The maximum Gasteiger partial charge on any atom is 0.265 e. The Morgan fingerprint density at radius 3 is 2.70 bits per heavy atom. The fourth-order valence-corrected chi connectivity index (χ4v) is 3.72. The summed E-state index contributed by atoms with van der Waals surface area (Å²) >= 11 is 5.93. The van der Waals surface area contributed by atoms with Gasteiger partial charge in [0.05, 0.1) is 16.4 Å². The van der Waals surface area contributed by atoms with Gasteiger partial charge >= 0.3 is 0 Å². The van der Waals surface area contributed by atoms with Crippen molar-refractivity contribution in [1.29, 1.82) is 0 Å². The number of carbonyl (C=O) groups is 1. The molecule has 0 aromatic heterocycles. The lowest BCUT2D eigenvalue weighted by Crippen LogP contribution is -2.34. The summed E-state index contributed by atoms with van der Waals surface area (Å²) in [5, 5.41) is 2.79. The van der Waals surface area contributed by atoms with E-state index in [2.05, 4.69) is 10.0 Å². The van der Waals surface area contributed by atoms with Crippen LogP contribution in [0.2, 0.25) is 5.02 Å². The van der Waals surface area contributed by atoms with E-state index < -0.39 is 16.1 Å². The van der Waals surface area contributed by atoms with Crippen molar-refractivity contribution in [1.82, 2.24) is 0 Å². The molecule has 120 valence electrons. The minimum atomic E-state index is -3.83. The fraction of sp³-hybridized carbons (Fsp3) is 0.133. The third-order valence-corrected chi connectivity index (χ3v) is 5.17. The molecule has 2 N–H and O–H groups in total. The molecule has 8 heteroatoms. The normalized spacial score (nSPS) is 17.0. The molecule has 0 aliphatic carbocycles. The Hall–Kier alpha value is -2.25. The third-order valence-electron chi connectivity index (χ3n) is 3.29. The lowest BCUT2D eigenvalue weighted by Gasteiger charge is -2.23. The number of ether oxygens (including phenoxy) is 1. The van der Waals surface area contributed by atoms with Crippen molar-refractivity contribution >= 4 is 38.9 Å². The van der Waals surface area contributed by atoms with Gasteiger partial charge in [-0.1, -0.05) is 23.7 Å². The molecule has 1 aliphatic rings. The number of hydrogen-bond donors (Lipinski definition) is 2. The van der Waals surface area contributed by atoms with Gasteiger partial charge in [-0.15, -0.1) is 0 Å². The molecule has 0 fully saturated rings. The molecule has 1 atom stereocenters. The largest absolute Gasteiger partial charge is 0.479 e. The Balaban J connectivity index is 1.91. The minimum absolute atomic E-state index is 0.0201. The summed E-state index contributed by atoms with van der Waals surface area (Å²) in [6.45, 7) is 1.63. The van der Waals surface area contributed by atoms with Gasteiger partial charge in [0.2, 0.25) is 0 Å². The molecule has 0 bridgehead atoms. The van der Waals surface area contributed by atoms with E-state index in [-0.39, 0.29) is 15.8 Å². The van der Waals surface area contributed by atoms with Gasteiger partial charge in [-0.25, -0.2) is 8.42 Å². The van der Waals surface area contributed by atoms with Crippen LogP contribution in [0, 0.1) is 0 Å². The van der Waals surface area contributed by atoms with Crippen LogP contribution >= 0.6 is 11.6 Å². The average Bonchev–Trinajstić information content (AvgIpc) is 2.48. The number of nitrogens with one attached hydrogen (secondary N) is 2. The van der Waals surface area contributed by atoms with E-state index in [0.29, 0.717) is 17.1 Å². The molecular formula is C15H13ClN2O4S. The van der Waals surface area contributed by atoms with E-state index in [4.69, 9.17) is 16.3 Å². The number of rotatable bonds is 3. The number of anilines is 2. The summed E-state index contributed by atoms with van der Waals surface area (Å²) in [7, 11) is -3.83. The van der Waals surface area contributed by atoms with E-state index in [0.717, 1.165) is 0 Å². The zero-order valence-electron chi connectivity index (χ0n) is 12.0. The predicted molar refractivity (Wildman–Crippen MR) is 87.4 cm³/mol. The van der Waals surface area contributed by atoms with Crippen LogP contribution in [0.4, 0.5) is 11.4 Å². The molecule has 3 rings (SSSR count). The molecule has 0 spiro atoms. The molecule has 1 aliphatic heterocycles. The molecule has 1 heterocycles. The van der Waals surface area contributed by atoms with E-state index in [1.54, 1.807) is 31.2 Å². The Morgan fingerprint density at radius 2 is 1.96 bits per heavy atom. The van der Waals surface area contributed by atoms with E-state index in [9.17, 15) is 13.2 Å². The summed E-state index contributed by atoms with van der Waals surface area (Å²) in [6, 6.07) is 10.8. The van der Waals surface area contributed by atoms with Crippen LogP contribution in [0.15, 0.2) is 47.4 Å². The monoisotopic (exact) mass is 352 g/mol. The molecule has 0 saturated carbocycles. The number of amides is 1. The number of hydrogen-bond acceptors (Lipinski definition) is 4. The van der Waals surface area contributed by atoms with Crippen molar-refractivity contribution in [3.63, 3.8) is 0 Å². The Labute approximate surface area is 138 Å². The number of benzene rings is 2. The molecular weight excluding hydrogens is 340 g/mol. The van der Waals surface area contributed by atoms with Gasteiger partial charge in [0.25, 0.3) is 15.9 Å². The van der Waals surface area contributed by atoms with Crippen molar-refractivity contribution in [2.75, 3.05) is 10.0 Å². The van der Waals surface area contributed by atoms with Crippen LogP contribution in [-0.4, -0.2) is 20.4 Å². The smallest absolute Gasteiger partial charge is 0.265 e. The highest BCUT2D eigenvalue weighted by Gasteiger charge is 2.24. The topological polar surface area (TPSA) is 84.5 Å². The predicted octanol–water partition coefficient (Wildman–Crippen LogP) is 2.86. The first kappa shape index (κ1) is 15.6. The maximum absolute atomic E-state index is 12.4. The molecule has 0 saturated heterocycles. The SMILES string of the molecule is CC1Oc2ccc(NS(=O)(=O)c3ccccc3Cl)cc2NC1=O. The van der Waals surface area contributed by atoms with Gasteiger partial charge in [-0.2, -0.15) is 0 Å². The zero-order valence-corrected chi connectivity index (χ0v) is 13.6. The fourth-order valence-electron chi connectivity index (χ4n) is 2.15. The first-order valence-electron chi connectivity index (χ1n) is 6.76. The van der Waals surface area contributed by atoms with Gasteiger partial charge in [0.1, 0.15) is 10.6 Å². The summed E-state index contributed by atoms with van der Waals surface area (Å²) < 4.78 is 32.6. The first-order valence-corrected chi connectivity index (χ1v) is 8.62. The van der Waals surface area contributed by atoms with Crippen LogP contribution in [0.1, 0.15) is 6.92 Å². The highest BCUT2D eigenvalue weighted by molar-refractivity contribution is 7.92. The lowest BCUT2D eigenvalue weighted by molar-refractivity contribution is -0.122. The lowest BCUT2D eigenvalue weighted by atomic mass is 10.2. The highest BCUT2D eigenvalue weighted by atomic mass is 35.5. The van der Waals surface area contributed by atoms with E-state index in [1.165, 1.54) is 18.2 Å². The average molecular weight is 353 g/mol. The van der Waals surface area contributed by atoms with Crippen LogP contribution in [0.3, 0.4) is 0 Å². The number of sulfonamides is 1. The van der Waals surface area contributed by atoms with Crippen LogP contribution in [-0.2, 0) is 14.8 Å². The maximum atomic E-state index is 12.4. The highest BCUT2D eigenvalue weighted by Crippen LogP contribution is 2.33. The molecule has 1 amide bonds. The number of fused-ring (bicyclic) bond motifs is 1. The molecule has 0 radical (unpaired) electrons. The van der Waals surface area contributed by atoms with Gasteiger partial charge in [0.15, 0.2) is 6.10 Å². The Bertz CT molecular complexity index is 883. The summed E-state index contributed by atoms with van der Waals surface area (Å²) in [6.07, 6.45) is -0.590. The second kappa shape index (κ2) is 5.75. The quantitative estimate of drug-likeness (QED) is 0.889. The third kappa shape index (κ3) is 3.11. The second-order valence-electron chi connectivity index (χ2n) is 5.00. The summed E-state index contributed by atoms with van der Waals surface area (Å²) in [4.78, 5) is 11.6. The van der Waals surface area contributed by atoms with Gasteiger partial charge in [-0.05, 0) is 37.3 Å². The first-order chi connectivity index (χ1) is 10.9. The van der Waals surface area contributed by atoms with Crippen molar-refractivity contribution in [2.45, 2.75) is 17.9 Å². The van der Waals surface area contributed by atoms with E-state index >= 15 is 0 Å². The molecule has 2 aromatic carbocycles. The Kier molecular flexibility index (Phi) is 3.91. The van der Waals surface area contributed by atoms with Crippen molar-refractivity contribution < 1.29 is 17.9 Å². The van der Waals surface area contributed by atoms with Crippen LogP contribution in [0.25, 0.3) is 0 Å². The Morgan fingerprint density at radius 1 is 1.22 bits per heavy atom. The molecule has 23 heavy (non-hydrogen) atoms. The second-order valence-corrected chi connectivity index (χ2v) is 7.05. The standard InChI is InChI=1S/C15H13ClN2O4S/c1-9-15(19)17-12-8-10(6-7-13(12)22-9)18-23(20,21)14-5-3-2-4-11(14)16/h2-9,18H,1H3,(H,17,19). The van der Waals surface area contributed by atoms with Gasteiger partial charge in [0, 0.05) is 0 Å². The molecule has 1 unspecified atom stereocenters. The summed E-state index contributed by atoms with van der Waals surface area (Å²) in [5.74, 6) is 0.196.